The van der Waals surface area contributed by atoms with Crippen molar-refractivity contribution < 1.29 is 13.9 Å². The van der Waals surface area contributed by atoms with E-state index < -0.39 is 0 Å². The molecule has 2 aromatic carbocycles. The molecule has 1 aromatic heterocycles. The van der Waals surface area contributed by atoms with Crippen molar-refractivity contribution >= 4 is 17.5 Å². The third-order valence-electron chi connectivity index (χ3n) is 4.14. The lowest BCUT2D eigenvalue weighted by molar-refractivity contribution is 0.0955. The van der Waals surface area contributed by atoms with Gasteiger partial charge in [-0.25, -0.2) is 14.4 Å². The molecular formula is C22H24FN5O2. The molecule has 0 unspecified atom stereocenters. The van der Waals surface area contributed by atoms with Gasteiger partial charge in [0.15, 0.2) is 0 Å². The van der Waals surface area contributed by atoms with Crippen molar-refractivity contribution in [3.05, 3.63) is 71.8 Å². The third kappa shape index (κ3) is 5.91. The first kappa shape index (κ1) is 21.0. The number of nitrogens with one attached hydrogen (secondary N) is 2. The quantitative estimate of drug-likeness (QED) is 0.553. The maximum absolute atomic E-state index is 13.0. The Hall–Kier alpha value is -3.68. The SMILES string of the molecule is Cc1nc(NCCNC(=O)c2cccc(Oc3ccc(F)cc3)c2)cc(N(C)C)n1. The average molecular weight is 409 g/mol. The van der Waals surface area contributed by atoms with Crippen molar-refractivity contribution in [3.63, 3.8) is 0 Å². The molecule has 30 heavy (non-hydrogen) atoms. The fourth-order valence-electron chi connectivity index (χ4n) is 2.68. The van der Waals surface area contributed by atoms with E-state index in [1.54, 1.807) is 24.3 Å². The zero-order valence-corrected chi connectivity index (χ0v) is 17.1. The van der Waals surface area contributed by atoms with Crippen molar-refractivity contribution in [1.82, 2.24) is 15.3 Å². The molecule has 0 radical (unpaired) electrons. The summed E-state index contributed by atoms with van der Waals surface area (Å²) in [6.45, 7) is 2.77. The van der Waals surface area contributed by atoms with Crippen LogP contribution < -0.4 is 20.3 Å². The van der Waals surface area contributed by atoms with E-state index in [0.29, 0.717) is 41.8 Å². The minimum absolute atomic E-state index is 0.214. The molecule has 0 aliphatic rings. The fraction of sp³-hybridized carbons (Fsp3) is 0.227. The van der Waals surface area contributed by atoms with Gasteiger partial charge in [-0.15, -0.1) is 0 Å². The average Bonchev–Trinajstić information content (AvgIpc) is 2.72. The molecule has 0 aliphatic carbocycles. The summed E-state index contributed by atoms with van der Waals surface area (Å²) < 4.78 is 18.7. The molecule has 2 N–H and O–H groups in total. The molecule has 0 fully saturated rings. The van der Waals surface area contributed by atoms with Crippen LogP contribution in [0.5, 0.6) is 11.5 Å². The molecule has 7 nitrogen and oxygen atoms in total. The number of rotatable bonds is 8. The topological polar surface area (TPSA) is 79.4 Å². The Morgan fingerprint density at radius 3 is 2.53 bits per heavy atom. The van der Waals surface area contributed by atoms with Gasteiger partial charge >= 0.3 is 0 Å². The van der Waals surface area contributed by atoms with Gasteiger partial charge in [0.1, 0.15) is 34.8 Å². The van der Waals surface area contributed by atoms with Crippen molar-refractivity contribution in [2.24, 2.45) is 0 Å². The minimum Gasteiger partial charge on any atom is -0.457 e. The highest BCUT2D eigenvalue weighted by Gasteiger charge is 2.08. The van der Waals surface area contributed by atoms with E-state index in [9.17, 15) is 9.18 Å². The zero-order chi connectivity index (χ0) is 21.5. The summed E-state index contributed by atoms with van der Waals surface area (Å²) in [6.07, 6.45) is 0. The van der Waals surface area contributed by atoms with Gasteiger partial charge in [0.25, 0.3) is 5.91 Å². The van der Waals surface area contributed by atoms with Crippen LogP contribution in [-0.2, 0) is 0 Å². The van der Waals surface area contributed by atoms with E-state index in [2.05, 4.69) is 20.6 Å². The number of ether oxygens (including phenoxy) is 1. The Morgan fingerprint density at radius 1 is 1.03 bits per heavy atom. The second kappa shape index (κ2) is 9.69. The molecule has 8 heteroatoms. The molecule has 3 rings (SSSR count). The lowest BCUT2D eigenvalue weighted by atomic mass is 10.2. The highest BCUT2D eigenvalue weighted by molar-refractivity contribution is 5.94. The van der Waals surface area contributed by atoms with Crippen molar-refractivity contribution in [1.29, 1.82) is 0 Å². The maximum Gasteiger partial charge on any atom is 0.251 e. The van der Waals surface area contributed by atoms with Gasteiger partial charge in [-0.3, -0.25) is 4.79 Å². The number of anilines is 2. The van der Waals surface area contributed by atoms with E-state index in [1.165, 1.54) is 24.3 Å². The minimum atomic E-state index is -0.334. The molecule has 0 bridgehead atoms. The Morgan fingerprint density at radius 2 is 1.80 bits per heavy atom. The molecule has 1 heterocycles. The molecule has 0 atom stereocenters. The first-order chi connectivity index (χ1) is 14.4. The number of amides is 1. The van der Waals surface area contributed by atoms with Crippen molar-refractivity contribution in [3.8, 4) is 11.5 Å². The first-order valence-electron chi connectivity index (χ1n) is 9.49. The van der Waals surface area contributed by atoms with Crippen LogP contribution in [-0.4, -0.2) is 43.1 Å². The van der Waals surface area contributed by atoms with E-state index in [4.69, 9.17) is 4.74 Å². The smallest absolute Gasteiger partial charge is 0.251 e. The van der Waals surface area contributed by atoms with Crippen LogP contribution in [0.15, 0.2) is 54.6 Å². The summed E-state index contributed by atoms with van der Waals surface area (Å²) in [6, 6.07) is 14.4. The Balaban J connectivity index is 1.52. The summed E-state index contributed by atoms with van der Waals surface area (Å²) in [5.41, 5.74) is 0.474. The van der Waals surface area contributed by atoms with E-state index >= 15 is 0 Å². The van der Waals surface area contributed by atoms with Crippen LogP contribution in [0.25, 0.3) is 0 Å². The number of carbonyl (C=O) groups is 1. The Kier molecular flexibility index (Phi) is 6.79. The lowest BCUT2D eigenvalue weighted by Gasteiger charge is -2.14. The molecule has 0 spiro atoms. The number of nitrogens with zero attached hydrogens (tertiary/aromatic N) is 3. The van der Waals surface area contributed by atoms with E-state index in [-0.39, 0.29) is 11.7 Å². The summed E-state index contributed by atoms with van der Waals surface area (Å²) >= 11 is 0. The molecule has 3 aromatic rings. The second-order valence-electron chi connectivity index (χ2n) is 6.82. The van der Waals surface area contributed by atoms with Crippen molar-refractivity contribution in [2.45, 2.75) is 6.92 Å². The summed E-state index contributed by atoms with van der Waals surface area (Å²) in [5, 5.41) is 6.05. The van der Waals surface area contributed by atoms with Crippen LogP contribution >= 0.6 is 0 Å². The maximum atomic E-state index is 13.0. The molecular weight excluding hydrogens is 385 g/mol. The van der Waals surface area contributed by atoms with Crippen LogP contribution in [0.1, 0.15) is 16.2 Å². The lowest BCUT2D eigenvalue weighted by Crippen LogP contribution is -2.29. The predicted molar refractivity (Wildman–Crippen MR) is 115 cm³/mol. The van der Waals surface area contributed by atoms with Gasteiger partial charge < -0.3 is 20.3 Å². The number of hydrogen-bond acceptors (Lipinski definition) is 6. The molecule has 0 saturated heterocycles. The number of aryl methyl sites for hydroxylation is 1. The standard InChI is InChI=1S/C22H24FN5O2/c1-15-26-20(14-21(27-15)28(2)3)24-11-12-25-22(29)16-5-4-6-19(13-16)30-18-9-7-17(23)8-10-18/h4-10,13-14H,11-12H2,1-3H3,(H,25,29)(H,24,26,27). The zero-order valence-electron chi connectivity index (χ0n) is 17.1. The fourth-order valence-corrected chi connectivity index (χ4v) is 2.68. The van der Waals surface area contributed by atoms with Gasteiger partial charge in [-0.05, 0) is 49.4 Å². The second-order valence-corrected chi connectivity index (χ2v) is 6.82. The highest BCUT2D eigenvalue weighted by Crippen LogP contribution is 2.22. The van der Waals surface area contributed by atoms with Gasteiger partial charge in [0.2, 0.25) is 0 Å². The predicted octanol–water partition coefficient (Wildman–Crippen LogP) is 3.62. The third-order valence-corrected chi connectivity index (χ3v) is 4.14. The number of benzene rings is 2. The highest BCUT2D eigenvalue weighted by atomic mass is 19.1. The molecule has 1 amide bonds. The number of halogens is 1. The van der Waals surface area contributed by atoms with Crippen LogP contribution in [0.3, 0.4) is 0 Å². The van der Waals surface area contributed by atoms with E-state index in [0.717, 1.165) is 5.82 Å². The van der Waals surface area contributed by atoms with Gasteiger partial charge in [0.05, 0.1) is 0 Å². The van der Waals surface area contributed by atoms with Crippen LogP contribution in [0, 0.1) is 12.7 Å². The molecule has 0 aliphatic heterocycles. The largest absolute Gasteiger partial charge is 0.457 e. The van der Waals surface area contributed by atoms with Gasteiger partial charge in [0, 0.05) is 38.8 Å². The summed E-state index contributed by atoms with van der Waals surface area (Å²) in [5.74, 6) is 2.64. The van der Waals surface area contributed by atoms with Crippen LogP contribution in [0.2, 0.25) is 0 Å². The normalized spacial score (nSPS) is 10.4. The number of carbonyl (C=O) groups excluding carboxylic acids is 1. The number of hydrogen-bond donors (Lipinski definition) is 2. The van der Waals surface area contributed by atoms with Gasteiger partial charge in [-0.1, -0.05) is 6.07 Å². The molecule has 0 saturated carbocycles. The summed E-state index contributed by atoms with van der Waals surface area (Å²) in [4.78, 5) is 23.0. The van der Waals surface area contributed by atoms with Crippen molar-refractivity contribution in [2.75, 3.05) is 37.4 Å². The molecule has 156 valence electrons. The first-order valence-corrected chi connectivity index (χ1v) is 9.49. The Labute approximate surface area is 174 Å². The summed E-state index contributed by atoms with van der Waals surface area (Å²) in [7, 11) is 3.83. The van der Waals surface area contributed by atoms with Crippen LogP contribution in [0.4, 0.5) is 16.0 Å². The monoisotopic (exact) mass is 409 g/mol. The number of aromatic nitrogens is 2. The van der Waals surface area contributed by atoms with Gasteiger partial charge in [-0.2, -0.15) is 0 Å². The Bertz CT molecular complexity index is 1010. The van der Waals surface area contributed by atoms with E-state index in [1.807, 2.05) is 32.0 Å².